The van der Waals surface area contributed by atoms with Crippen LogP contribution in [-0.4, -0.2) is 34.4 Å². The van der Waals surface area contributed by atoms with E-state index in [0.717, 1.165) is 29.6 Å². The van der Waals surface area contributed by atoms with E-state index in [4.69, 9.17) is 4.74 Å². The second-order valence-corrected chi connectivity index (χ2v) is 5.22. The van der Waals surface area contributed by atoms with Crippen LogP contribution in [0.2, 0.25) is 0 Å². The lowest BCUT2D eigenvalue weighted by atomic mass is 10.1. The van der Waals surface area contributed by atoms with Crippen LogP contribution in [0.15, 0.2) is 29.5 Å². The van der Waals surface area contributed by atoms with E-state index in [2.05, 4.69) is 31.9 Å². The maximum Gasteiger partial charge on any atom is 0.191 e. The van der Waals surface area contributed by atoms with Gasteiger partial charge in [0, 0.05) is 19.2 Å². The van der Waals surface area contributed by atoms with E-state index in [1.165, 1.54) is 5.56 Å². The van der Waals surface area contributed by atoms with Gasteiger partial charge in [0.05, 0.1) is 20.2 Å². The number of aromatic nitrogens is 3. The summed E-state index contributed by atoms with van der Waals surface area (Å²) in [5, 5.41) is 14.4. The lowest BCUT2D eigenvalue weighted by Crippen LogP contribution is -2.37. The van der Waals surface area contributed by atoms with E-state index < -0.39 is 0 Å². The van der Waals surface area contributed by atoms with Gasteiger partial charge in [0.25, 0.3) is 0 Å². The maximum absolute atomic E-state index is 5.42. The van der Waals surface area contributed by atoms with E-state index in [1.54, 1.807) is 13.4 Å². The van der Waals surface area contributed by atoms with Gasteiger partial charge in [0.15, 0.2) is 11.8 Å². The van der Waals surface area contributed by atoms with Crippen LogP contribution in [0.4, 0.5) is 0 Å². The predicted molar refractivity (Wildman–Crippen MR) is 90.4 cm³/mol. The number of hydrogen-bond acceptors (Lipinski definition) is 4. The van der Waals surface area contributed by atoms with Crippen LogP contribution >= 0.6 is 0 Å². The number of methoxy groups -OCH3 is 1. The van der Waals surface area contributed by atoms with E-state index in [-0.39, 0.29) is 0 Å². The number of nitrogens with one attached hydrogen (secondary N) is 2. The summed E-state index contributed by atoms with van der Waals surface area (Å²) in [5.41, 5.74) is 2.22. The first-order chi connectivity index (χ1) is 11.1. The molecule has 0 amide bonds. The molecule has 0 aliphatic rings. The lowest BCUT2D eigenvalue weighted by molar-refractivity contribution is 0.409. The summed E-state index contributed by atoms with van der Waals surface area (Å²) < 4.78 is 7.30. The molecule has 124 valence electrons. The van der Waals surface area contributed by atoms with Crippen LogP contribution < -0.4 is 15.4 Å². The highest BCUT2D eigenvalue weighted by molar-refractivity contribution is 5.79. The van der Waals surface area contributed by atoms with Crippen LogP contribution in [0.5, 0.6) is 5.75 Å². The van der Waals surface area contributed by atoms with E-state index >= 15 is 0 Å². The van der Waals surface area contributed by atoms with Crippen molar-refractivity contribution in [3.05, 3.63) is 41.5 Å². The Morgan fingerprint density at radius 3 is 2.83 bits per heavy atom. The Morgan fingerprint density at radius 2 is 2.17 bits per heavy atom. The van der Waals surface area contributed by atoms with E-state index in [9.17, 15) is 0 Å². The van der Waals surface area contributed by atoms with Gasteiger partial charge in [-0.3, -0.25) is 0 Å². The van der Waals surface area contributed by atoms with Gasteiger partial charge in [0.2, 0.25) is 0 Å². The van der Waals surface area contributed by atoms with Crippen molar-refractivity contribution < 1.29 is 4.74 Å². The molecular weight excluding hydrogens is 292 g/mol. The minimum absolute atomic E-state index is 0.539. The molecule has 0 fully saturated rings. The SMILES string of the molecule is CCNC(=NCc1ccc(C)cc1OC)NCc1nncn1C. The molecular formula is C16H24N6O. The number of ether oxygens (including phenoxy) is 1. The van der Waals surface area contributed by atoms with E-state index in [0.29, 0.717) is 13.1 Å². The highest BCUT2D eigenvalue weighted by Crippen LogP contribution is 2.20. The van der Waals surface area contributed by atoms with Crippen molar-refractivity contribution >= 4 is 5.96 Å². The standard InChI is InChI=1S/C16H24N6O/c1-5-17-16(19-10-15-21-20-11-22(15)3)18-9-13-7-6-12(2)8-14(13)23-4/h6-8,11H,5,9-10H2,1-4H3,(H2,17,18,19). The summed E-state index contributed by atoms with van der Waals surface area (Å²) in [6.07, 6.45) is 1.68. The average Bonchev–Trinajstić information content (AvgIpc) is 2.96. The summed E-state index contributed by atoms with van der Waals surface area (Å²) in [6.45, 7) is 5.97. The third-order valence-electron chi connectivity index (χ3n) is 3.41. The van der Waals surface area contributed by atoms with Crippen molar-refractivity contribution in [2.75, 3.05) is 13.7 Å². The molecule has 0 saturated carbocycles. The first-order valence-electron chi connectivity index (χ1n) is 7.62. The predicted octanol–water partition coefficient (Wildman–Crippen LogP) is 1.39. The minimum atomic E-state index is 0.539. The molecule has 0 saturated heterocycles. The molecule has 0 atom stereocenters. The molecule has 0 bridgehead atoms. The smallest absolute Gasteiger partial charge is 0.191 e. The average molecular weight is 316 g/mol. The molecule has 1 aromatic carbocycles. The summed E-state index contributed by atoms with van der Waals surface area (Å²) in [4.78, 5) is 4.61. The minimum Gasteiger partial charge on any atom is -0.496 e. The Kier molecular flexibility index (Phi) is 5.96. The number of benzene rings is 1. The normalized spacial score (nSPS) is 11.4. The van der Waals surface area contributed by atoms with Gasteiger partial charge in [-0.15, -0.1) is 10.2 Å². The molecule has 2 N–H and O–H groups in total. The van der Waals surface area contributed by atoms with Crippen molar-refractivity contribution in [2.45, 2.75) is 26.9 Å². The molecule has 0 aliphatic carbocycles. The first kappa shape index (κ1) is 16.8. The maximum atomic E-state index is 5.42. The number of hydrogen-bond donors (Lipinski definition) is 2. The molecule has 1 heterocycles. The molecule has 0 radical (unpaired) electrons. The van der Waals surface area contributed by atoms with Crippen LogP contribution in [0.3, 0.4) is 0 Å². The highest BCUT2D eigenvalue weighted by Gasteiger charge is 2.05. The highest BCUT2D eigenvalue weighted by atomic mass is 16.5. The Balaban J connectivity index is 2.05. The fourth-order valence-electron chi connectivity index (χ4n) is 2.12. The third kappa shape index (κ3) is 4.70. The Labute approximate surface area is 136 Å². The zero-order chi connectivity index (χ0) is 16.7. The molecule has 7 heteroatoms. The molecule has 0 spiro atoms. The summed E-state index contributed by atoms with van der Waals surface area (Å²) >= 11 is 0. The molecule has 1 aromatic heterocycles. The van der Waals surface area contributed by atoms with Gasteiger partial charge in [-0.2, -0.15) is 0 Å². The van der Waals surface area contributed by atoms with Gasteiger partial charge >= 0.3 is 0 Å². The second-order valence-electron chi connectivity index (χ2n) is 5.22. The monoisotopic (exact) mass is 316 g/mol. The quantitative estimate of drug-likeness (QED) is 0.622. The molecule has 2 rings (SSSR count). The van der Waals surface area contributed by atoms with Crippen molar-refractivity contribution in [3.63, 3.8) is 0 Å². The number of guanidine groups is 1. The Morgan fingerprint density at radius 1 is 1.35 bits per heavy atom. The fraction of sp³-hybridized carbons (Fsp3) is 0.438. The van der Waals surface area contributed by atoms with Crippen molar-refractivity contribution in [2.24, 2.45) is 12.0 Å². The van der Waals surface area contributed by atoms with E-state index in [1.807, 2.05) is 37.6 Å². The zero-order valence-electron chi connectivity index (χ0n) is 14.1. The summed E-state index contributed by atoms with van der Waals surface area (Å²) in [5.74, 6) is 2.44. The Hall–Kier alpha value is -2.57. The van der Waals surface area contributed by atoms with Gasteiger partial charge in [-0.05, 0) is 25.5 Å². The van der Waals surface area contributed by atoms with Crippen LogP contribution in [0.25, 0.3) is 0 Å². The van der Waals surface area contributed by atoms with Gasteiger partial charge in [-0.25, -0.2) is 4.99 Å². The topological polar surface area (TPSA) is 76.4 Å². The van der Waals surface area contributed by atoms with Crippen LogP contribution in [0.1, 0.15) is 23.9 Å². The second kappa shape index (κ2) is 8.17. The summed E-state index contributed by atoms with van der Waals surface area (Å²) in [7, 11) is 3.59. The summed E-state index contributed by atoms with van der Waals surface area (Å²) in [6, 6.07) is 6.13. The van der Waals surface area contributed by atoms with Crippen molar-refractivity contribution in [1.82, 2.24) is 25.4 Å². The fourth-order valence-corrected chi connectivity index (χ4v) is 2.12. The number of aryl methyl sites for hydroxylation is 2. The number of rotatable bonds is 6. The van der Waals surface area contributed by atoms with Crippen LogP contribution in [0, 0.1) is 6.92 Å². The van der Waals surface area contributed by atoms with Crippen LogP contribution in [-0.2, 0) is 20.1 Å². The largest absolute Gasteiger partial charge is 0.496 e. The molecule has 2 aromatic rings. The third-order valence-corrected chi connectivity index (χ3v) is 3.41. The lowest BCUT2D eigenvalue weighted by Gasteiger charge is -2.12. The number of aliphatic imine (C=N–C) groups is 1. The Bertz CT molecular complexity index is 664. The zero-order valence-corrected chi connectivity index (χ0v) is 14.1. The van der Waals surface area contributed by atoms with Gasteiger partial charge < -0.3 is 19.9 Å². The van der Waals surface area contributed by atoms with Gasteiger partial charge in [-0.1, -0.05) is 12.1 Å². The first-order valence-corrected chi connectivity index (χ1v) is 7.62. The van der Waals surface area contributed by atoms with Gasteiger partial charge in [0.1, 0.15) is 12.1 Å². The molecule has 0 aliphatic heterocycles. The van der Waals surface area contributed by atoms with Crippen molar-refractivity contribution in [1.29, 1.82) is 0 Å². The molecule has 23 heavy (non-hydrogen) atoms. The van der Waals surface area contributed by atoms with Crippen molar-refractivity contribution in [3.8, 4) is 5.75 Å². The molecule has 7 nitrogen and oxygen atoms in total. The molecule has 0 unspecified atom stereocenters. The number of nitrogens with zero attached hydrogens (tertiary/aromatic N) is 4.